The van der Waals surface area contributed by atoms with Gasteiger partial charge in [-0.15, -0.1) is 24.8 Å². The lowest BCUT2D eigenvalue weighted by Crippen LogP contribution is -2.74. The minimum absolute atomic E-state index is 0. The largest absolute Gasteiger partial charge is 0.495 e. The number of rotatable bonds is 2. The van der Waals surface area contributed by atoms with Crippen molar-refractivity contribution in [3.63, 3.8) is 0 Å². The van der Waals surface area contributed by atoms with E-state index in [0.717, 1.165) is 22.7 Å². The van der Waals surface area contributed by atoms with Gasteiger partial charge in [-0.2, -0.15) is 0 Å². The number of nitrogens with one attached hydrogen (secondary N) is 2. The fraction of sp³-hybridized carbons (Fsp3) is 0.318. The maximum Gasteiger partial charge on any atom is 0.328 e. The number of carbonyl (C=O) groups is 3. The summed E-state index contributed by atoms with van der Waals surface area (Å²) in [6, 6.07) is 12.0. The number of halogens is 2. The molecule has 2 fully saturated rings. The van der Waals surface area contributed by atoms with Crippen LogP contribution in [0.3, 0.4) is 0 Å². The Kier molecular flexibility index (Phi) is 6.67. The fourth-order valence-corrected chi connectivity index (χ4v) is 5.08. The molecule has 0 saturated carbocycles. The summed E-state index contributed by atoms with van der Waals surface area (Å²) < 4.78 is 5.52. The van der Waals surface area contributed by atoms with Crippen molar-refractivity contribution in [1.82, 2.24) is 10.6 Å². The van der Waals surface area contributed by atoms with Crippen LogP contribution in [0.4, 0.5) is 21.9 Å². The van der Waals surface area contributed by atoms with Crippen LogP contribution in [0.25, 0.3) is 0 Å². The molecule has 5 rings (SSSR count). The second kappa shape index (κ2) is 8.99. The van der Waals surface area contributed by atoms with E-state index in [4.69, 9.17) is 10.5 Å². The third-order valence-corrected chi connectivity index (χ3v) is 6.52. The molecule has 1 atom stereocenters. The van der Waals surface area contributed by atoms with Crippen molar-refractivity contribution in [3.05, 3.63) is 48.0 Å². The van der Waals surface area contributed by atoms with Crippen molar-refractivity contribution in [2.45, 2.75) is 12.5 Å². The number of imide groups is 2. The van der Waals surface area contributed by atoms with Gasteiger partial charge in [-0.25, -0.2) is 4.79 Å². The molecule has 2 saturated heterocycles. The smallest absolute Gasteiger partial charge is 0.328 e. The molecule has 3 heterocycles. The van der Waals surface area contributed by atoms with Crippen LogP contribution in [-0.4, -0.2) is 50.6 Å². The topological polar surface area (TPSA) is 117 Å². The number of amides is 4. The molecular weight excluding hydrogens is 469 g/mol. The number of hydrogen-bond acceptors (Lipinski definition) is 7. The Hall–Kier alpha value is -3.17. The minimum atomic E-state index is -1.45. The molecule has 0 aliphatic carbocycles. The molecule has 1 spiro atoms. The van der Waals surface area contributed by atoms with Gasteiger partial charge in [-0.1, -0.05) is 12.1 Å². The average Bonchev–Trinajstić information content (AvgIpc) is 2.76. The highest BCUT2D eigenvalue weighted by Gasteiger charge is 2.60. The van der Waals surface area contributed by atoms with E-state index in [1.165, 1.54) is 0 Å². The number of nitrogen functional groups attached to an aromatic ring is 1. The normalized spacial score (nSPS) is 20.5. The van der Waals surface area contributed by atoms with Gasteiger partial charge >= 0.3 is 6.03 Å². The molecule has 33 heavy (non-hydrogen) atoms. The summed E-state index contributed by atoms with van der Waals surface area (Å²) in [5.74, 6) is -0.431. The second-order valence-corrected chi connectivity index (χ2v) is 8.10. The number of carbonyl (C=O) groups excluding carboxylic acids is 3. The number of fused-ring (bicyclic) bond motifs is 4. The van der Waals surface area contributed by atoms with Crippen LogP contribution in [-0.2, 0) is 16.0 Å². The third-order valence-electron chi connectivity index (χ3n) is 6.52. The molecule has 2 aromatic carbocycles. The van der Waals surface area contributed by atoms with Crippen LogP contribution in [0.1, 0.15) is 5.56 Å². The van der Waals surface area contributed by atoms with Crippen LogP contribution >= 0.6 is 24.8 Å². The first kappa shape index (κ1) is 24.5. The number of anilines is 3. The number of urea groups is 1. The third kappa shape index (κ3) is 3.71. The Morgan fingerprint density at radius 2 is 1.70 bits per heavy atom. The molecule has 4 amide bonds. The summed E-state index contributed by atoms with van der Waals surface area (Å²) in [6.45, 7) is 1.69. The standard InChI is InChI=1S/C22H23N5O4.2ClH/c1-31-17-5-3-2-4-16(17)26-8-9-27-15-7-6-14(23)10-13(15)11-22(18(27)12-26)19(28)24-21(30)25-20(22)29;;/h2-7,10,18H,8-9,11-12,23H2,1H3,(H2,24,25,28,29,30);2*1H. The van der Waals surface area contributed by atoms with Crippen LogP contribution in [0.2, 0.25) is 0 Å². The molecule has 9 nitrogen and oxygen atoms in total. The first-order chi connectivity index (χ1) is 14.9. The number of piperazine rings is 1. The lowest BCUT2D eigenvalue weighted by molar-refractivity contribution is -0.146. The van der Waals surface area contributed by atoms with Crippen LogP contribution < -0.4 is 30.9 Å². The summed E-state index contributed by atoms with van der Waals surface area (Å²) in [7, 11) is 1.62. The summed E-state index contributed by atoms with van der Waals surface area (Å²) in [4.78, 5) is 42.5. The number of ether oxygens (including phenoxy) is 1. The number of methoxy groups -OCH3 is 1. The first-order valence-corrected chi connectivity index (χ1v) is 10.1. The van der Waals surface area contributed by atoms with E-state index in [1.807, 2.05) is 36.4 Å². The molecule has 0 bridgehead atoms. The quantitative estimate of drug-likeness (QED) is 0.430. The van der Waals surface area contributed by atoms with Crippen molar-refractivity contribution >= 4 is 59.7 Å². The van der Waals surface area contributed by atoms with Gasteiger partial charge in [0.2, 0.25) is 11.8 Å². The molecule has 3 aliphatic heterocycles. The van der Waals surface area contributed by atoms with E-state index in [9.17, 15) is 14.4 Å². The minimum Gasteiger partial charge on any atom is -0.495 e. The van der Waals surface area contributed by atoms with Gasteiger partial charge in [0, 0.05) is 31.0 Å². The van der Waals surface area contributed by atoms with Crippen LogP contribution in [0.15, 0.2) is 42.5 Å². The predicted molar refractivity (Wildman–Crippen MR) is 130 cm³/mol. The van der Waals surface area contributed by atoms with Crippen molar-refractivity contribution in [3.8, 4) is 5.75 Å². The Bertz CT molecular complexity index is 1090. The number of para-hydroxylation sites is 2. The van der Waals surface area contributed by atoms with Gasteiger partial charge in [-0.3, -0.25) is 20.2 Å². The first-order valence-electron chi connectivity index (χ1n) is 10.1. The van der Waals surface area contributed by atoms with Gasteiger partial charge in [-0.05, 0) is 42.3 Å². The Balaban J connectivity index is 0.00000153. The summed E-state index contributed by atoms with van der Waals surface area (Å²) in [6.07, 6.45) is 0.166. The van der Waals surface area contributed by atoms with Crippen molar-refractivity contribution in [2.24, 2.45) is 5.41 Å². The summed E-state index contributed by atoms with van der Waals surface area (Å²) in [5.41, 5.74) is 7.79. The number of benzene rings is 2. The van der Waals surface area contributed by atoms with Crippen molar-refractivity contribution < 1.29 is 19.1 Å². The molecule has 0 aromatic heterocycles. The molecule has 2 aromatic rings. The molecule has 3 aliphatic rings. The second-order valence-electron chi connectivity index (χ2n) is 8.10. The number of barbiturate groups is 1. The number of hydrogen-bond donors (Lipinski definition) is 3. The zero-order valence-electron chi connectivity index (χ0n) is 17.9. The average molecular weight is 494 g/mol. The van der Waals surface area contributed by atoms with Gasteiger partial charge in [0.15, 0.2) is 5.41 Å². The predicted octanol–water partition coefficient (Wildman–Crippen LogP) is 1.72. The lowest BCUT2D eigenvalue weighted by Gasteiger charge is -2.54. The zero-order chi connectivity index (χ0) is 21.8. The summed E-state index contributed by atoms with van der Waals surface area (Å²) >= 11 is 0. The maximum absolute atomic E-state index is 13.2. The summed E-state index contributed by atoms with van der Waals surface area (Å²) in [5, 5.41) is 4.63. The number of nitrogens with two attached hydrogens (primary N) is 1. The molecular formula is C22H25Cl2N5O4. The highest BCUT2D eigenvalue weighted by atomic mass is 35.5. The Labute approximate surface area is 203 Å². The highest BCUT2D eigenvalue weighted by molar-refractivity contribution is 6.20. The molecule has 176 valence electrons. The van der Waals surface area contributed by atoms with E-state index in [2.05, 4.69) is 20.4 Å². The van der Waals surface area contributed by atoms with E-state index in [1.54, 1.807) is 13.2 Å². The van der Waals surface area contributed by atoms with Gasteiger partial charge in [0.25, 0.3) is 0 Å². The van der Waals surface area contributed by atoms with Crippen LogP contribution in [0, 0.1) is 5.41 Å². The Morgan fingerprint density at radius 1 is 1.00 bits per heavy atom. The van der Waals surface area contributed by atoms with E-state index in [0.29, 0.717) is 25.3 Å². The monoisotopic (exact) mass is 493 g/mol. The Morgan fingerprint density at radius 3 is 2.39 bits per heavy atom. The molecule has 1 unspecified atom stereocenters. The van der Waals surface area contributed by atoms with E-state index in [-0.39, 0.29) is 31.2 Å². The van der Waals surface area contributed by atoms with Crippen LogP contribution in [0.5, 0.6) is 5.75 Å². The SMILES string of the molecule is COc1ccccc1N1CCN2c3ccc(N)cc3CC3(C(=O)NC(=O)NC3=O)C2C1.Cl.Cl. The van der Waals surface area contributed by atoms with Crippen molar-refractivity contribution in [2.75, 3.05) is 42.3 Å². The molecule has 0 radical (unpaired) electrons. The van der Waals surface area contributed by atoms with Crippen molar-refractivity contribution in [1.29, 1.82) is 0 Å². The van der Waals surface area contributed by atoms with Gasteiger partial charge in [0.05, 0.1) is 18.8 Å². The van der Waals surface area contributed by atoms with E-state index < -0.39 is 29.3 Å². The highest BCUT2D eigenvalue weighted by Crippen LogP contribution is 2.46. The maximum atomic E-state index is 13.2. The zero-order valence-corrected chi connectivity index (χ0v) is 19.5. The van der Waals surface area contributed by atoms with Gasteiger partial charge < -0.3 is 20.3 Å². The lowest BCUT2D eigenvalue weighted by atomic mass is 9.68. The molecule has 11 heteroatoms. The fourth-order valence-electron chi connectivity index (χ4n) is 5.08. The van der Waals surface area contributed by atoms with Gasteiger partial charge in [0.1, 0.15) is 5.75 Å². The van der Waals surface area contributed by atoms with E-state index >= 15 is 0 Å². The molecule has 4 N–H and O–H groups in total. The number of nitrogens with zero attached hydrogens (tertiary/aromatic N) is 2.